The van der Waals surface area contributed by atoms with Crippen molar-refractivity contribution >= 4 is 34.5 Å². The van der Waals surface area contributed by atoms with Gasteiger partial charge in [0, 0.05) is 10.5 Å². The van der Waals surface area contributed by atoms with E-state index in [4.69, 9.17) is 28.7 Å². The third-order valence-corrected chi connectivity index (χ3v) is 2.88. The molecule has 1 aromatic heterocycles. The maximum absolute atomic E-state index is 9.44. The Hall–Kier alpha value is -0.450. The van der Waals surface area contributed by atoms with Gasteiger partial charge in [-0.15, -0.1) is 11.3 Å². The molecule has 0 aliphatic carbocycles. The second-order valence-electron chi connectivity index (χ2n) is 2.21. The van der Waals surface area contributed by atoms with Crippen LogP contribution in [0.3, 0.4) is 0 Å². The fraction of sp³-hybridized carbons (Fsp3) is 0.333. The molecule has 1 aromatic rings. The third kappa shape index (κ3) is 2.76. The molecule has 1 N–H and O–H groups in total. The van der Waals surface area contributed by atoms with Gasteiger partial charge in [0.15, 0.2) is 0 Å². The van der Waals surface area contributed by atoms with Crippen molar-refractivity contribution in [2.24, 2.45) is 5.11 Å². The van der Waals surface area contributed by atoms with Crippen molar-refractivity contribution in [3.8, 4) is 0 Å². The normalized spacial score (nSPS) is 12.2. The number of hydrogen-bond acceptors (Lipinski definition) is 3. The first-order valence-corrected chi connectivity index (χ1v) is 4.86. The lowest BCUT2D eigenvalue weighted by Gasteiger charge is -2.04. The minimum absolute atomic E-state index is 0.0384. The predicted molar refractivity (Wildman–Crippen MR) is 53.3 cm³/mol. The summed E-state index contributed by atoms with van der Waals surface area (Å²) in [7, 11) is 0. The van der Waals surface area contributed by atoms with Gasteiger partial charge in [0.2, 0.25) is 0 Å². The Kier molecular flexibility index (Phi) is 3.84. The second-order valence-corrected chi connectivity index (χ2v) is 4.49. The highest BCUT2D eigenvalue weighted by atomic mass is 35.5. The third-order valence-electron chi connectivity index (χ3n) is 1.36. The van der Waals surface area contributed by atoms with Crippen molar-refractivity contribution < 1.29 is 5.11 Å². The Morgan fingerprint density at radius 3 is 2.85 bits per heavy atom. The van der Waals surface area contributed by atoms with E-state index in [2.05, 4.69) is 10.0 Å². The first-order valence-electron chi connectivity index (χ1n) is 3.28. The van der Waals surface area contributed by atoms with Crippen LogP contribution in [0.15, 0.2) is 11.2 Å². The van der Waals surface area contributed by atoms with Crippen LogP contribution in [0.2, 0.25) is 8.67 Å². The summed E-state index contributed by atoms with van der Waals surface area (Å²) < 4.78 is 0.922. The molecule has 0 aliphatic rings. The Morgan fingerprint density at radius 1 is 1.69 bits per heavy atom. The van der Waals surface area contributed by atoms with Gasteiger partial charge in [0.05, 0.1) is 17.0 Å². The van der Waals surface area contributed by atoms with Crippen molar-refractivity contribution in [3.63, 3.8) is 0 Å². The molecule has 0 saturated carbocycles. The molecular weight excluding hydrogens is 233 g/mol. The molecule has 4 nitrogen and oxygen atoms in total. The maximum Gasteiger partial charge on any atom is 0.100 e. The number of thiophene rings is 1. The number of halogens is 2. The number of nitrogens with zero attached hydrogens (tertiary/aromatic N) is 3. The van der Waals surface area contributed by atoms with Gasteiger partial charge in [-0.2, -0.15) is 0 Å². The molecule has 0 fully saturated rings. The van der Waals surface area contributed by atoms with Crippen LogP contribution in [-0.4, -0.2) is 11.7 Å². The highest BCUT2D eigenvalue weighted by Crippen LogP contribution is 2.34. The molecule has 0 bridgehead atoms. The molecule has 0 unspecified atom stereocenters. The van der Waals surface area contributed by atoms with Gasteiger partial charge < -0.3 is 5.11 Å². The van der Waals surface area contributed by atoms with E-state index < -0.39 is 6.10 Å². The van der Waals surface area contributed by atoms with E-state index in [-0.39, 0.29) is 6.54 Å². The minimum atomic E-state index is -0.882. The number of aliphatic hydroxyl groups is 1. The highest BCUT2D eigenvalue weighted by molar-refractivity contribution is 7.20. The number of hydrogen-bond donors (Lipinski definition) is 1. The van der Waals surface area contributed by atoms with Crippen molar-refractivity contribution in [1.82, 2.24) is 0 Å². The lowest BCUT2D eigenvalue weighted by atomic mass is 10.2. The van der Waals surface area contributed by atoms with Crippen LogP contribution < -0.4 is 0 Å². The number of aliphatic hydroxyl groups excluding tert-OH is 1. The summed E-state index contributed by atoms with van der Waals surface area (Å²) in [5.74, 6) is 0. The second kappa shape index (κ2) is 4.69. The van der Waals surface area contributed by atoms with Gasteiger partial charge in [-0.3, -0.25) is 0 Å². The molecule has 0 aliphatic heterocycles. The molecule has 0 spiro atoms. The molecule has 13 heavy (non-hydrogen) atoms. The predicted octanol–water partition coefficient (Wildman–Crippen LogP) is 3.40. The Labute approximate surface area is 88.3 Å². The zero-order valence-electron chi connectivity index (χ0n) is 6.31. The Morgan fingerprint density at radius 2 is 2.38 bits per heavy atom. The van der Waals surface area contributed by atoms with E-state index in [9.17, 15) is 5.11 Å². The zero-order chi connectivity index (χ0) is 9.84. The van der Waals surface area contributed by atoms with Gasteiger partial charge in [0.25, 0.3) is 0 Å². The van der Waals surface area contributed by atoms with Gasteiger partial charge in [-0.1, -0.05) is 28.3 Å². The van der Waals surface area contributed by atoms with Gasteiger partial charge in [0.1, 0.15) is 4.34 Å². The molecule has 0 aromatic carbocycles. The lowest BCUT2D eigenvalue weighted by Crippen LogP contribution is -1.99. The van der Waals surface area contributed by atoms with E-state index in [1.165, 1.54) is 11.3 Å². The van der Waals surface area contributed by atoms with Crippen molar-refractivity contribution in [1.29, 1.82) is 0 Å². The molecule has 7 heteroatoms. The molecule has 1 rings (SSSR count). The lowest BCUT2D eigenvalue weighted by molar-refractivity contribution is 0.187. The van der Waals surface area contributed by atoms with E-state index in [0.717, 1.165) is 0 Å². The van der Waals surface area contributed by atoms with Crippen LogP contribution in [0.5, 0.6) is 0 Å². The minimum Gasteiger partial charge on any atom is -0.388 e. The maximum atomic E-state index is 9.44. The standard InChI is InChI=1S/C6H5Cl2N3OS/c7-5-1-3(6(8)13-5)4(12)2-10-11-9/h1,4,12H,2H2/t4-/m1/s1. The zero-order valence-corrected chi connectivity index (χ0v) is 8.64. The molecule has 0 saturated heterocycles. The number of azide groups is 1. The summed E-state index contributed by atoms with van der Waals surface area (Å²) in [6, 6.07) is 1.56. The Bertz CT molecular complexity index is 348. The molecule has 1 heterocycles. The molecular formula is C6H5Cl2N3OS. The van der Waals surface area contributed by atoms with E-state index in [1.807, 2.05) is 0 Å². The summed E-state index contributed by atoms with van der Waals surface area (Å²) >= 11 is 12.6. The van der Waals surface area contributed by atoms with Crippen LogP contribution in [0.4, 0.5) is 0 Å². The largest absolute Gasteiger partial charge is 0.388 e. The molecule has 70 valence electrons. The monoisotopic (exact) mass is 237 g/mol. The SMILES string of the molecule is [N-]=[N+]=NC[C@@H](O)c1cc(Cl)sc1Cl. The van der Waals surface area contributed by atoms with E-state index in [0.29, 0.717) is 14.2 Å². The molecule has 1 atom stereocenters. The fourth-order valence-corrected chi connectivity index (χ4v) is 2.36. The quantitative estimate of drug-likeness (QED) is 0.489. The van der Waals surface area contributed by atoms with Gasteiger partial charge >= 0.3 is 0 Å². The van der Waals surface area contributed by atoms with Gasteiger partial charge in [-0.05, 0) is 11.6 Å². The summed E-state index contributed by atoms with van der Waals surface area (Å²) in [6.07, 6.45) is -0.882. The summed E-state index contributed by atoms with van der Waals surface area (Å²) in [5.41, 5.74) is 8.53. The first kappa shape index (κ1) is 10.6. The average Bonchev–Trinajstić information content (AvgIpc) is 2.41. The summed E-state index contributed by atoms with van der Waals surface area (Å²) in [6.45, 7) is -0.0384. The fourth-order valence-electron chi connectivity index (χ4n) is 0.792. The average molecular weight is 238 g/mol. The number of rotatable bonds is 3. The van der Waals surface area contributed by atoms with Crippen LogP contribution in [0.25, 0.3) is 10.4 Å². The van der Waals surface area contributed by atoms with Crippen molar-refractivity contribution in [2.75, 3.05) is 6.54 Å². The first-order chi connectivity index (χ1) is 6.15. The van der Waals surface area contributed by atoms with Crippen molar-refractivity contribution in [2.45, 2.75) is 6.10 Å². The van der Waals surface area contributed by atoms with Crippen LogP contribution in [0.1, 0.15) is 11.7 Å². The smallest absolute Gasteiger partial charge is 0.100 e. The molecule has 0 amide bonds. The topological polar surface area (TPSA) is 69.0 Å². The van der Waals surface area contributed by atoms with Crippen LogP contribution in [0, 0.1) is 0 Å². The summed E-state index contributed by atoms with van der Waals surface area (Å²) in [4.78, 5) is 2.53. The summed E-state index contributed by atoms with van der Waals surface area (Å²) in [5, 5.41) is 12.7. The highest BCUT2D eigenvalue weighted by Gasteiger charge is 2.13. The molecule has 0 radical (unpaired) electrons. The van der Waals surface area contributed by atoms with Crippen LogP contribution in [-0.2, 0) is 0 Å². The van der Waals surface area contributed by atoms with E-state index in [1.54, 1.807) is 6.07 Å². The Balaban J connectivity index is 2.81. The van der Waals surface area contributed by atoms with Crippen molar-refractivity contribution in [3.05, 3.63) is 30.7 Å². The van der Waals surface area contributed by atoms with Gasteiger partial charge in [-0.25, -0.2) is 0 Å². The van der Waals surface area contributed by atoms with E-state index >= 15 is 0 Å². The van der Waals surface area contributed by atoms with Crippen LogP contribution >= 0.6 is 34.5 Å².